The van der Waals surface area contributed by atoms with Crippen molar-refractivity contribution in [3.8, 4) is 17.1 Å². The number of phenolic OH excluding ortho intramolecular Hbond substituents is 1. The second-order valence-corrected chi connectivity index (χ2v) is 2.91. The zero-order chi connectivity index (χ0) is 9.26. The van der Waals surface area contributed by atoms with Crippen LogP contribution in [-0.4, -0.2) is 15.1 Å². The Hall–Kier alpha value is -1.77. The van der Waals surface area contributed by atoms with E-state index in [4.69, 9.17) is 0 Å². The smallest absolute Gasteiger partial charge is 0.141 e. The molecule has 1 aromatic carbocycles. The van der Waals surface area contributed by atoms with Crippen LogP contribution in [0.5, 0.6) is 5.75 Å². The molecule has 1 aromatic heterocycles. The number of nitrogens with zero attached hydrogens (tertiary/aromatic N) is 1. The van der Waals surface area contributed by atoms with Crippen molar-refractivity contribution >= 4 is 0 Å². The van der Waals surface area contributed by atoms with Gasteiger partial charge in [-0.25, -0.2) is 4.98 Å². The summed E-state index contributed by atoms with van der Waals surface area (Å²) in [6.45, 7) is 1.86. The number of benzene rings is 1. The molecule has 0 fully saturated rings. The van der Waals surface area contributed by atoms with Crippen LogP contribution in [0.2, 0.25) is 0 Å². The molecule has 0 spiro atoms. The molecule has 13 heavy (non-hydrogen) atoms. The number of aromatic nitrogens is 2. The quantitative estimate of drug-likeness (QED) is 0.695. The summed E-state index contributed by atoms with van der Waals surface area (Å²) in [4.78, 5) is 7.02. The molecule has 0 aliphatic rings. The minimum Gasteiger partial charge on any atom is -0.507 e. The van der Waals surface area contributed by atoms with Gasteiger partial charge in [0.1, 0.15) is 11.6 Å². The highest BCUT2D eigenvalue weighted by molar-refractivity contribution is 5.65. The molecule has 0 radical (unpaired) electrons. The van der Waals surface area contributed by atoms with Crippen molar-refractivity contribution in [3.05, 3.63) is 36.2 Å². The number of aryl methyl sites for hydroxylation is 1. The van der Waals surface area contributed by atoms with E-state index in [1.54, 1.807) is 12.4 Å². The highest BCUT2D eigenvalue weighted by Crippen LogP contribution is 2.28. The number of hydrogen-bond donors (Lipinski definition) is 2. The lowest BCUT2D eigenvalue weighted by molar-refractivity contribution is 0.473. The molecule has 66 valence electrons. The molecule has 3 nitrogen and oxygen atoms in total. The van der Waals surface area contributed by atoms with Crippen molar-refractivity contribution in [2.45, 2.75) is 6.92 Å². The number of H-pyrrole nitrogens is 1. The van der Waals surface area contributed by atoms with Gasteiger partial charge in [-0.2, -0.15) is 0 Å². The third-order valence-electron chi connectivity index (χ3n) is 1.99. The predicted molar refractivity (Wildman–Crippen MR) is 50.4 cm³/mol. The maximum absolute atomic E-state index is 9.71. The average Bonchev–Trinajstić information content (AvgIpc) is 2.62. The van der Waals surface area contributed by atoms with Crippen molar-refractivity contribution in [3.63, 3.8) is 0 Å². The lowest BCUT2D eigenvalue weighted by Gasteiger charge is -2.03. The average molecular weight is 174 g/mol. The number of aromatic hydroxyl groups is 1. The molecule has 2 rings (SSSR count). The Kier molecular flexibility index (Phi) is 1.77. The topological polar surface area (TPSA) is 48.9 Å². The lowest BCUT2D eigenvalue weighted by atomic mass is 10.1. The van der Waals surface area contributed by atoms with Gasteiger partial charge in [-0.1, -0.05) is 12.1 Å². The number of nitrogens with one attached hydrogen (secondary N) is 1. The van der Waals surface area contributed by atoms with Gasteiger partial charge >= 0.3 is 0 Å². The molecule has 2 N–H and O–H groups in total. The van der Waals surface area contributed by atoms with Crippen LogP contribution in [0.1, 0.15) is 5.56 Å². The molecule has 0 aliphatic heterocycles. The van der Waals surface area contributed by atoms with E-state index in [1.807, 2.05) is 25.1 Å². The first-order valence-electron chi connectivity index (χ1n) is 4.07. The van der Waals surface area contributed by atoms with E-state index in [2.05, 4.69) is 9.97 Å². The summed E-state index contributed by atoms with van der Waals surface area (Å²) in [5.74, 6) is 0.985. The number of imidazole rings is 1. The molecule has 3 heteroatoms. The van der Waals surface area contributed by atoms with Gasteiger partial charge in [0.25, 0.3) is 0 Å². The van der Waals surface area contributed by atoms with Crippen LogP contribution in [0.3, 0.4) is 0 Å². The van der Waals surface area contributed by atoms with Crippen molar-refractivity contribution in [1.82, 2.24) is 9.97 Å². The Balaban J connectivity index is 2.59. The maximum Gasteiger partial charge on any atom is 0.141 e. The van der Waals surface area contributed by atoms with E-state index in [9.17, 15) is 5.11 Å². The summed E-state index contributed by atoms with van der Waals surface area (Å²) < 4.78 is 0. The monoisotopic (exact) mass is 174 g/mol. The fourth-order valence-corrected chi connectivity index (χ4v) is 1.26. The van der Waals surface area contributed by atoms with Gasteiger partial charge in [0.15, 0.2) is 0 Å². The van der Waals surface area contributed by atoms with Crippen LogP contribution >= 0.6 is 0 Å². The van der Waals surface area contributed by atoms with Gasteiger partial charge in [0, 0.05) is 12.4 Å². The summed E-state index contributed by atoms with van der Waals surface area (Å²) in [5, 5.41) is 9.71. The maximum atomic E-state index is 9.71. The van der Waals surface area contributed by atoms with Crippen LogP contribution in [0.4, 0.5) is 0 Å². The Morgan fingerprint density at radius 1 is 1.38 bits per heavy atom. The number of aromatic amines is 1. The predicted octanol–water partition coefficient (Wildman–Crippen LogP) is 2.09. The van der Waals surface area contributed by atoms with E-state index < -0.39 is 0 Å². The van der Waals surface area contributed by atoms with E-state index >= 15 is 0 Å². The van der Waals surface area contributed by atoms with E-state index in [-0.39, 0.29) is 5.75 Å². The first-order chi connectivity index (χ1) is 6.29. The third kappa shape index (κ3) is 1.28. The number of phenols is 1. The Morgan fingerprint density at radius 2 is 2.23 bits per heavy atom. The Labute approximate surface area is 76.1 Å². The van der Waals surface area contributed by atoms with Crippen LogP contribution in [-0.2, 0) is 0 Å². The largest absolute Gasteiger partial charge is 0.507 e. The summed E-state index contributed by atoms with van der Waals surface area (Å²) in [5.41, 5.74) is 1.60. The Bertz CT molecular complexity index is 407. The Morgan fingerprint density at radius 3 is 2.92 bits per heavy atom. The zero-order valence-corrected chi connectivity index (χ0v) is 7.28. The highest BCUT2D eigenvalue weighted by Gasteiger charge is 2.06. The summed E-state index contributed by atoms with van der Waals surface area (Å²) in [7, 11) is 0. The lowest BCUT2D eigenvalue weighted by Crippen LogP contribution is -1.83. The minimum absolute atomic E-state index is 0.289. The van der Waals surface area contributed by atoms with Crippen LogP contribution in [0, 0.1) is 6.92 Å². The number of hydrogen-bond acceptors (Lipinski definition) is 2. The van der Waals surface area contributed by atoms with Crippen LogP contribution in [0.15, 0.2) is 30.6 Å². The molecular weight excluding hydrogens is 164 g/mol. The fraction of sp³-hybridized carbons (Fsp3) is 0.100. The summed E-state index contributed by atoms with van der Waals surface area (Å²) >= 11 is 0. The molecule has 0 bridgehead atoms. The molecule has 0 unspecified atom stereocenters. The summed E-state index contributed by atoms with van der Waals surface area (Å²) in [6, 6.07) is 5.59. The van der Waals surface area contributed by atoms with Gasteiger partial charge in [-0.15, -0.1) is 0 Å². The van der Waals surface area contributed by atoms with Gasteiger partial charge in [-0.05, 0) is 18.6 Å². The SMILES string of the molecule is Cc1cccc(-c2ncc[nH]2)c1O. The normalized spacial score (nSPS) is 10.2. The van der Waals surface area contributed by atoms with Crippen LogP contribution < -0.4 is 0 Å². The standard InChI is InChI=1S/C10H10N2O/c1-7-3-2-4-8(9(7)13)10-11-5-6-12-10/h2-6,13H,1H3,(H,11,12). The molecule has 1 heterocycles. The molecule has 0 amide bonds. The molecular formula is C10H10N2O. The second-order valence-electron chi connectivity index (χ2n) is 2.91. The van der Waals surface area contributed by atoms with E-state index in [0.717, 1.165) is 11.1 Å². The molecule has 0 aliphatic carbocycles. The molecule has 2 aromatic rings. The second kappa shape index (κ2) is 2.94. The van der Waals surface area contributed by atoms with Crippen molar-refractivity contribution < 1.29 is 5.11 Å². The van der Waals surface area contributed by atoms with E-state index in [0.29, 0.717) is 5.82 Å². The first-order valence-corrected chi connectivity index (χ1v) is 4.07. The number of rotatable bonds is 1. The van der Waals surface area contributed by atoms with Gasteiger partial charge < -0.3 is 10.1 Å². The van der Waals surface area contributed by atoms with Gasteiger partial charge in [-0.3, -0.25) is 0 Å². The van der Waals surface area contributed by atoms with Gasteiger partial charge in [0.05, 0.1) is 5.56 Å². The first kappa shape index (κ1) is 7.86. The van der Waals surface area contributed by atoms with E-state index in [1.165, 1.54) is 0 Å². The molecule has 0 saturated heterocycles. The zero-order valence-electron chi connectivity index (χ0n) is 7.28. The van der Waals surface area contributed by atoms with Crippen molar-refractivity contribution in [2.24, 2.45) is 0 Å². The third-order valence-corrected chi connectivity index (χ3v) is 1.99. The van der Waals surface area contributed by atoms with Crippen molar-refractivity contribution in [2.75, 3.05) is 0 Å². The molecule has 0 saturated carbocycles. The fourth-order valence-electron chi connectivity index (χ4n) is 1.26. The van der Waals surface area contributed by atoms with Gasteiger partial charge in [0.2, 0.25) is 0 Å². The highest BCUT2D eigenvalue weighted by atomic mass is 16.3. The van der Waals surface area contributed by atoms with Crippen LogP contribution in [0.25, 0.3) is 11.4 Å². The minimum atomic E-state index is 0.289. The van der Waals surface area contributed by atoms with Crippen molar-refractivity contribution in [1.29, 1.82) is 0 Å². The summed E-state index contributed by atoms with van der Waals surface area (Å²) in [6.07, 6.45) is 3.40. The number of para-hydroxylation sites is 1. The molecule has 0 atom stereocenters.